The van der Waals surface area contributed by atoms with E-state index in [1.165, 1.54) is 11.0 Å². The first kappa shape index (κ1) is 15.4. The summed E-state index contributed by atoms with van der Waals surface area (Å²) in [7, 11) is 0. The SMILES string of the molecule is CCCn1c(=O)c2[nH]c([C@@H]3C[C@@H]4C[C@H]3[C@H]3O[C@H]43)nc2n(CCC)c1=O. The number of fused-ring (bicyclic) bond motifs is 6. The van der Waals surface area contributed by atoms with Crippen molar-refractivity contribution in [3.8, 4) is 0 Å². The molecule has 1 saturated heterocycles. The second-order valence-electron chi connectivity index (χ2n) is 7.78. The van der Waals surface area contributed by atoms with Crippen molar-refractivity contribution in [3.05, 3.63) is 26.7 Å². The quantitative estimate of drug-likeness (QED) is 0.835. The number of imidazole rings is 1. The Morgan fingerprint density at radius 1 is 1.12 bits per heavy atom. The Bertz CT molecular complexity index is 956. The van der Waals surface area contributed by atoms with Crippen molar-refractivity contribution in [1.82, 2.24) is 19.1 Å². The largest absolute Gasteiger partial charge is 0.369 e. The van der Waals surface area contributed by atoms with Gasteiger partial charge in [0.2, 0.25) is 0 Å². The highest BCUT2D eigenvalue weighted by Crippen LogP contribution is 2.61. The molecular formula is C18H24N4O3. The van der Waals surface area contributed by atoms with E-state index in [-0.39, 0.29) is 11.2 Å². The number of ether oxygens (including phenoxy) is 1. The van der Waals surface area contributed by atoms with E-state index in [0.717, 1.165) is 25.1 Å². The maximum atomic E-state index is 12.8. The van der Waals surface area contributed by atoms with Crippen LogP contribution in [0.15, 0.2) is 9.59 Å². The molecule has 1 N–H and O–H groups in total. The zero-order chi connectivity index (χ0) is 17.3. The molecule has 0 aromatic carbocycles. The molecule has 3 fully saturated rings. The second-order valence-corrected chi connectivity index (χ2v) is 7.78. The molecule has 2 bridgehead atoms. The van der Waals surface area contributed by atoms with Crippen LogP contribution in [-0.4, -0.2) is 31.3 Å². The monoisotopic (exact) mass is 344 g/mol. The van der Waals surface area contributed by atoms with Gasteiger partial charge in [0, 0.05) is 19.0 Å². The minimum absolute atomic E-state index is 0.238. The fourth-order valence-corrected chi connectivity index (χ4v) is 5.12. The maximum Gasteiger partial charge on any atom is 0.332 e. The topological polar surface area (TPSA) is 85.2 Å². The lowest BCUT2D eigenvalue weighted by molar-refractivity contribution is 0.260. The Kier molecular flexibility index (Phi) is 3.26. The van der Waals surface area contributed by atoms with Crippen molar-refractivity contribution in [3.63, 3.8) is 0 Å². The molecule has 2 saturated carbocycles. The van der Waals surface area contributed by atoms with Crippen molar-refractivity contribution >= 4 is 11.2 Å². The number of hydrogen-bond acceptors (Lipinski definition) is 4. The van der Waals surface area contributed by atoms with E-state index >= 15 is 0 Å². The van der Waals surface area contributed by atoms with Gasteiger partial charge in [-0.1, -0.05) is 13.8 Å². The molecule has 7 nitrogen and oxygen atoms in total. The van der Waals surface area contributed by atoms with Crippen molar-refractivity contribution in [2.45, 2.75) is 70.7 Å². The summed E-state index contributed by atoms with van der Waals surface area (Å²) in [5, 5.41) is 0. The fraction of sp³-hybridized carbons (Fsp3) is 0.722. The van der Waals surface area contributed by atoms with Gasteiger partial charge in [-0.15, -0.1) is 0 Å². The van der Waals surface area contributed by atoms with Gasteiger partial charge < -0.3 is 9.72 Å². The van der Waals surface area contributed by atoms with Crippen molar-refractivity contribution < 1.29 is 4.74 Å². The maximum absolute atomic E-state index is 12.8. The Morgan fingerprint density at radius 2 is 1.88 bits per heavy atom. The molecule has 0 unspecified atom stereocenters. The molecule has 1 aliphatic heterocycles. The molecule has 0 spiro atoms. The number of aromatic nitrogens is 4. The van der Waals surface area contributed by atoms with Crippen LogP contribution < -0.4 is 11.2 Å². The van der Waals surface area contributed by atoms with Gasteiger partial charge in [0.1, 0.15) is 11.3 Å². The third-order valence-electron chi connectivity index (χ3n) is 6.22. The van der Waals surface area contributed by atoms with E-state index in [1.807, 2.05) is 13.8 Å². The highest BCUT2D eigenvalue weighted by atomic mass is 16.6. The molecule has 3 heterocycles. The van der Waals surface area contributed by atoms with Crippen molar-refractivity contribution in [2.75, 3.05) is 0 Å². The summed E-state index contributed by atoms with van der Waals surface area (Å²) in [6, 6.07) is 0. The zero-order valence-electron chi connectivity index (χ0n) is 14.7. The first-order chi connectivity index (χ1) is 12.1. The van der Waals surface area contributed by atoms with E-state index in [1.54, 1.807) is 4.57 Å². The Morgan fingerprint density at radius 3 is 2.56 bits per heavy atom. The number of hydrogen-bond donors (Lipinski definition) is 1. The van der Waals surface area contributed by atoms with Crippen LogP contribution in [0.1, 0.15) is 51.3 Å². The van der Waals surface area contributed by atoms with Crippen LogP contribution in [0, 0.1) is 11.8 Å². The van der Waals surface area contributed by atoms with Gasteiger partial charge in [-0.3, -0.25) is 13.9 Å². The second kappa shape index (κ2) is 5.30. The van der Waals surface area contributed by atoms with Crippen LogP contribution in [0.25, 0.3) is 11.2 Å². The average molecular weight is 344 g/mol. The van der Waals surface area contributed by atoms with Gasteiger partial charge in [-0.05, 0) is 37.5 Å². The molecule has 2 aromatic rings. The molecule has 7 heteroatoms. The zero-order valence-corrected chi connectivity index (χ0v) is 14.7. The van der Waals surface area contributed by atoms with Crippen LogP contribution in [-0.2, 0) is 17.8 Å². The van der Waals surface area contributed by atoms with E-state index in [4.69, 9.17) is 9.72 Å². The van der Waals surface area contributed by atoms with E-state index < -0.39 is 0 Å². The predicted octanol–water partition coefficient (Wildman–Crippen LogP) is 1.60. The Hall–Kier alpha value is -1.89. The third-order valence-corrected chi connectivity index (χ3v) is 6.22. The van der Waals surface area contributed by atoms with Gasteiger partial charge in [0.25, 0.3) is 5.56 Å². The molecule has 0 amide bonds. The van der Waals surface area contributed by atoms with E-state index in [0.29, 0.717) is 54.2 Å². The number of epoxide rings is 1. The lowest BCUT2D eigenvalue weighted by atomic mass is 9.88. The summed E-state index contributed by atoms with van der Waals surface area (Å²) in [6.07, 6.45) is 4.73. The first-order valence-corrected chi connectivity index (χ1v) is 9.52. The smallest absolute Gasteiger partial charge is 0.332 e. The summed E-state index contributed by atoms with van der Waals surface area (Å²) in [5.74, 6) is 2.35. The number of aryl methyl sites for hydroxylation is 1. The predicted molar refractivity (Wildman–Crippen MR) is 92.8 cm³/mol. The number of aromatic amines is 1. The highest BCUT2D eigenvalue weighted by Gasteiger charge is 2.63. The summed E-state index contributed by atoms with van der Waals surface area (Å²) >= 11 is 0. The van der Waals surface area contributed by atoms with Crippen LogP contribution in [0.4, 0.5) is 0 Å². The van der Waals surface area contributed by atoms with Crippen molar-refractivity contribution in [2.24, 2.45) is 11.8 Å². The summed E-state index contributed by atoms with van der Waals surface area (Å²) in [4.78, 5) is 33.6. The number of nitrogens with zero attached hydrogens (tertiary/aromatic N) is 3. The summed E-state index contributed by atoms with van der Waals surface area (Å²) in [5.41, 5.74) is 0.525. The molecule has 3 aliphatic rings. The third kappa shape index (κ3) is 2.05. The fourth-order valence-electron chi connectivity index (χ4n) is 5.12. The molecule has 5 atom stereocenters. The minimum Gasteiger partial charge on any atom is -0.369 e. The normalized spacial score (nSPS) is 32.5. The lowest BCUT2D eigenvalue weighted by Gasteiger charge is -2.16. The van der Waals surface area contributed by atoms with Crippen LogP contribution in [0.5, 0.6) is 0 Å². The number of H-pyrrole nitrogens is 1. The Balaban J connectivity index is 1.65. The van der Waals surface area contributed by atoms with Gasteiger partial charge >= 0.3 is 5.69 Å². The number of rotatable bonds is 5. The molecule has 0 radical (unpaired) electrons. The van der Waals surface area contributed by atoms with Gasteiger partial charge in [-0.2, -0.15) is 0 Å². The Labute approximate surface area is 145 Å². The average Bonchev–Trinajstić information content (AvgIpc) is 2.99. The van der Waals surface area contributed by atoms with Crippen LogP contribution >= 0.6 is 0 Å². The minimum atomic E-state index is -0.239. The van der Waals surface area contributed by atoms with Gasteiger partial charge in [-0.25, -0.2) is 9.78 Å². The molecule has 134 valence electrons. The molecular weight excluding hydrogens is 320 g/mol. The van der Waals surface area contributed by atoms with E-state index in [9.17, 15) is 9.59 Å². The lowest BCUT2D eigenvalue weighted by Crippen LogP contribution is -2.40. The number of nitrogens with one attached hydrogen (secondary N) is 1. The standard InChI is InChI=1S/C18H24N4O3/c1-3-5-21-16-12(17(23)22(6-4-2)18(21)24)19-15(20-16)11-8-9-7-10(11)14-13(9)25-14/h9-11,13-14H,3-8H2,1-2H3,(H,19,20)/t9-,10+,11+,13+,14+/m0/s1. The molecule has 5 rings (SSSR count). The van der Waals surface area contributed by atoms with Crippen molar-refractivity contribution in [1.29, 1.82) is 0 Å². The van der Waals surface area contributed by atoms with E-state index in [2.05, 4.69) is 4.98 Å². The van der Waals surface area contributed by atoms with Gasteiger partial charge in [0.05, 0.1) is 12.2 Å². The van der Waals surface area contributed by atoms with Crippen LogP contribution in [0.3, 0.4) is 0 Å². The van der Waals surface area contributed by atoms with Crippen LogP contribution in [0.2, 0.25) is 0 Å². The van der Waals surface area contributed by atoms with Gasteiger partial charge in [0.15, 0.2) is 5.65 Å². The summed E-state index contributed by atoms with van der Waals surface area (Å²) in [6.45, 7) is 5.02. The molecule has 2 aromatic heterocycles. The molecule has 25 heavy (non-hydrogen) atoms. The first-order valence-electron chi connectivity index (χ1n) is 9.52. The summed E-state index contributed by atoms with van der Waals surface area (Å²) < 4.78 is 8.77. The highest BCUT2D eigenvalue weighted by molar-refractivity contribution is 5.70. The molecule has 2 aliphatic carbocycles.